The van der Waals surface area contributed by atoms with Crippen molar-refractivity contribution in [3.05, 3.63) is 258 Å². The number of methoxy groups -OCH3 is 4. The zero-order valence-electron chi connectivity index (χ0n) is 48.2. The fourth-order valence-electron chi connectivity index (χ4n) is 7.80. The molecule has 0 saturated heterocycles. The first kappa shape index (κ1) is 97.7. The van der Waals surface area contributed by atoms with E-state index in [9.17, 15) is 30.3 Å². The Morgan fingerprint density at radius 3 is 1.10 bits per heavy atom. The van der Waals surface area contributed by atoms with Gasteiger partial charge in [-0.3, -0.25) is 35.4 Å². The number of nitrogens with zero attached hydrogens (tertiary/aromatic N) is 14. The second-order valence-corrected chi connectivity index (χ2v) is 19.9. The monoisotopic (exact) mass is 1540 g/mol. The van der Waals surface area contributed by atoms with Gasteiger partial charge in [0.05, 0.1) is 71.8 Å². The van der Waals surface area contributed by atoms with Gasteiger partial charge in [0.2, 0.25) is 0 Å². The normalized spacial score (nSPS) is 9.06. The highest BCUT2D eigenvalue weighted by Gasteiger charge is 2.16. The van der Waals surface area contributed by atoms with Gasteiger partial charge in [-0.1, -0.05) is 128 Å². The van der Waals surface area contributed by atoms with Crippen LogP contribution in [0.15, 0.2) is 205 Å². The average molecular weight is 1540 g/mol. The quantitative estimate of drug-likeness (QED) is 0.0330. The van der Waals surface area contributed by atoms with E-state index < -0.39 is 21.9 Å². The van der Waals surface area contributed by atoms with E-state index in [1.54, 1.807) is 73.6 Å². The summed E-state index contributed by atoms with van der Waals surface area (Å²) in [6.45, 7) is 1.83. The highest BCUT2D eigenvalue weighted by Crippen LogP contribution is 2.35. The number of alkyl halides is 1. The molecule has 0 aliphatic heterocycles. The number of nitro groups is 3. The van der Waals surface area contributed by atoms with Crippen LogP contribution in [0.3, 0.4) is 0 Å². The first-order valence-electron chi connectivity index (χ1n) is 25.9. The average Bonchev–Trinajstić information content (AvgIpc) is 1.79. The smallest absolute Gasteiger partial charge is 0.488 e. The van der Waals surface area contributed by atoms with Crippen molar-refractivity contribution in [3.8, 4) is 45.3 Å². The van der Waals surface area contributed by atoms with Gasteiger partial charge in [0, 0.05) is 53.4 Å². The number of benzene rings is 7. The minimum absolute atomic E-state index is 0. The largest absolute Gasteiger partial charge is 0.496 e. The van der Waals surface area contributed by atoms with Crippen LogP contribution in [-0.4, -0.2) is 120 Å². The lowest BCUT2D eigenvalue weighted by Gasteiger charge is -2.11. The predicted octanol–water partition coefficient (Wildman–Crippen LogP) is 16.3. The van der Waals surface area contributed by atoms with Gasteiger partial charge in [-0.05, 0) is 119 Å². The highest BCUT2D eigenvalue weighted by molar-refractivity contribution is 9.11. The van der Waals surface area contributed by atoms with Crippen molar-refractivity contribution in [1.82, 2.24) is 59.5 Å². The molecule has 0 aliphatic carbocycles. The number of aromatic amines is 1. The Morgan fingerprint density at radius 1 is 0.465 bits per heavy atom. The molecule has 4 aromatic heterocycles. The number of rotatable bonds is 17. The van der Waals surface area contributed by atoms with Crippen molar-refractivity contribution in [3.63, 3.8) is 0 Å². The summed E-state index contributed by atoms with van der Waals surface area (Å²) in [7, 11) is 4.78. The van der Waals surface area contributed by atoms with E-state index >= 15 is 0 Å². The summed E-state index contributed by atoms with van der Waals surface area (Å²) in [6, 6.07) is 41.4. The second-order valence-electron chi connectivity index (χ2n) is 17.9. The third kappa shape index (κ3) is 31.4. The Morgan fingerprint density at radius 2 is 0.808 bits per heavy atom. The fraction of sp³-hybridized carbons (Fsp3) is 0.254. The van der Waals surface area contributed by atoms with E-state index in [1.807, 2.05) is 84.9 Å². The Bertz CT molecular complexity index is 3820. The standard InChI is InChI=1S/2C16H14N4O3.C10H10BrN3O.C8H8BrClO.C6H6BNO4.C2H3N3.9CH4.ClH/c2*1-23-16-6-5-12(9-19-11-17-10-18-19)7-15(16)13-3-2-4-14(8-13)20(21)22;1-15-10-3-2-8(4-9(10)11)5-14-7-12-6-13-14;1-11-8-3-2-6(5-10)4-7(8)9;9-7(10)5-2-1-3-6(4-5)8(11)12;1-3-2-5-4-1;;;;;;;;;;/h2*2-8,10-11H,9H2,1H3;2-4,6-7H,5H2,1H3;2-4H,5H2,1H3;1-4,9-10H;1-2H,(H,3,4,5);9*1H4;1H. The van der Waals surface area contributed by atoms with Crippen LogP contribution < -0.4 is 24.4 Å². The molecular weight excluding hydrogens is 1450 g/mol. The van der Waals surface area contributed by atoms with Crippen molar-refractivity contribution >= 4 is 85.5 Å². The van der Waals surface area contributed by atoms with Gasteiger partial charge in [-0.15, -0.1) is 24.0 Å². The van der Waals surface area contributed by atoms with Gasteiger partial charge in [0.25, 0.3) is 17.1 Å². The van der Waals surface area contributed by atoms with Crippen molar-refractivity contribution < 1.29 is 43.8 Å². The molecule has 99 heavy (non-hydrogen) atoms. The maximum absolute atomic E-state index is 11.0. The molecule has 0 aliphatic rings. The lowest BCUT2D eigenvalue weighted by Crippen LogP contribution is -2.29. The van der Waals surface area contributed by atoms with E-state index in [0.29, 0.717) is 37.0 Å². The maximum Gasteiger partial charge on any atom is 0.488 e. The molecule has 0 fully saturated rings. The lowest BCUT2D eigenvalue weighted by atomic mass is 9.80. The number of non-ortho nitro benzene ring substituents is 3. The van der Waals surface area contributed by atoms with Crippen molar-refractivity contribution in [2.75, 3.05) is 28.4 Å². The van der Waals surface area contributed by atoms with Crippen molar-refractivity contribution in [2.24, 2.45) is 0 Å². The van der Waals surface area contributed by atoms with Crippen LogP contribution in [0.5, 0.6) is 23.0 Å². The molecule has 0 atom stereocenters. The Balaban J connectivity index is -0.000000365. The zero-order chi connectivity index (χ0) is 64.1. The number of halogens is 4. The molecule has 538 valence electrons. The number of H-pyrrole nitrogens is 1. The molecule has 32 heteroatoms. The lowest BCUT2D eigenvalue weighted by molar-refractivity contribution is -0.385. The summed E-state index contributed by atoms with van der Waals surface area (Å²) < 4.78 is 28.1. The van der Waals surface area contributed by atoms with E-state index in [-0.39, 0.29) is 102 Å². The zero-order valence-corrected chi connectivity index (χ0v) is 52.9. The van der Waals surface area contributed by atoms with Gasteiger partial charge in [-0.2, -0.15) is 20.4 Å². The molecule has 0 spiro atoms. The van der Waals surface area contributed by atoms with Gasteiger partial charge in [-0.25, -0.2) is 34.0 Å². The molecule has 4 heterocycles. The molecule has 0 amide bonds. The topological polar surface area (TPSA) is 340 Å². The summed E-state index contributed by atoms with van der Waals surface area (Å²) >= 11 is 12.4. The van der Waals surface area contributed by atoms with E-state index in [0.717, 1.165) is 71.0 Å². The first-order valence-corrected chi connectivity index (χ1v) is 28.1. The predicted molar refractivity (Wildman–Crippen MR) is 406 cm³/mol. The second kappa shape index (κ2) is 51.3. The molecular formula is C67H92BBr2Cl2N15O12. The van der Waals surface area contributed by atoms with Crippen LogP contribution in [0.2, 0.25) is 0 Å². The molecule has 7 aromatic carbocycles. The third-order valence-electron chi connectivity index (χ3n) is 12.0. The third-order valence-corrected chi connectivity index (χ3v) is 13.5. The summed E-state index contributed by atoms with van der Waals surface area (Å²) in [6.07, 6.45) is 12.4. The number of hydrogen-bond acceptors (Lipinski definition) is 20. The van der Waals surface area contributed by atoms with E-state index in [2.05, 4.69) is 77.3 Å². The van der Waals surface area contributed by atoms with Crippen molar-refractivity contribution in [2.45, 2.75) is 92.4 Å². The molecule has 0 saturated carbocycles. The van der Waals surface area contributed by atoms with Crippen LogP contribution in [0.1, 0.15) is 89.1 Å². The van der Waals surface area contributed by atoms with Crippen molar-refractivity contribution in [1.29, 1.82) is 0 Å². The maximum atomic E-state index is 11.0. The SMILES string of the molecule is C.C.C.C.C.C.C.C.C.COc1ccc(CCl)cc1Br.COc1ccc(Cn2cncn2)cc1-c1cccc([N+](=O)[O-])c1.COc1ccc(Cn2cncn2)cc1-c1cccc([N+](=O)[O-])c1.COc1ccc(Cn2cncn2)cc1Br.Cl.O=[N+]([O-])c1cccc(B(O)O)c1.c1nc[nH]n1. The molecule has 11 aromatic rings. The van der Waals surface area contributed by atoms with Gasteiger partial charge < -0.3 is 29.0 Å². The molecule has 11 rings (SSSR count). The summed E-state index contributed by atoms with van der Waals surface area (Å²) in [4.78, 5) is 46.0. The summed E-state index contributed by atoms with van der Waals surface area (Å²) in [5.41, 5.74) is 7.35. The Labute approximate surface area is 608 Å². The Kier molecular flexibility index (Phi) is 50.6. The molecule has 0 unspecified atom stereocenters. The van der Waals surface area contributed by atoms with Crippen LogP contribution in [0, 0.1) is 30.3 Å². The molecule has 0 bridgehead atoms. The van der Waals surface area contributed by atoms with Crippen LogP contribution >= 0.6 is 55.9 Å². The van der Waals surface area contributed by atoms with Crippen LogP contribution in [0.4, 0.5) is 17.1 Å². The van der Waals surface area contributed by atoms with E-state index in [4.69, 9.17) is 40.6 Å². The van der Waals surface area contributed by atoms with Gasteiger partial charge in [0.15, 0.2) is 0 Å². The Hall–Kier alpha value is -9.98. The number of hydrogen-bond donors (Lipinski definition) is 3. The summed E-state index contributed by atoms with van der Waals surface area (Å²) in [5.74, 6) is 3.51. The summed E-state index contributed by atoms with van der Waals surface area (Å²) in [5, 5.41) is 67.7. The number of nitrogens with one attached hydrogen (secondary N) is 1. The molecule has 3 N–H and O–H groups in total. The van der Waals surface area contributed by atoms with Crippen LogP contribution in [0.25, 0.3) is 22.3 Å². The van der Waals surface area contributed by atoms with Gasteiger partial charge >= 0.3 is 7.12 Å². The number of aromatic nitrogens is 12. The highest BCUT2D eigenvalue weighted by atomic mass is 79.9. The minimum Gasteiger partial charge on any atom is -0.496 e. The van der Waals surface area contributed by atoms with Gasteiger partial charge in [0.1, 0.15) is 73.6 Å². The van der Waals surface area contributed by atoms with E-state index in [1.165, 1.54) is 74.1 Å². The number of nitro benzene ring substituents is 3. The fourth-order valence-corrected chi connectivity index (χ4v) is 9.15. The minimum atomic E-state index is -1.66. The number of ether oxygens (including phenoxy) is 4. The molecule has 27 nitrogen and oxygen atoms in total. The van der Waals surface area contributed by atoms with Crippen LogP contribution in [-0.2, 0) is 25.5 Å². The molecule has 0 radical (unpaired) electrons. The first-order chi connectivity index (χ1) is 43.0.